The Morgan fingerprint density at radius 1 is 1.15 bits per heavy atom. The second-order valence-electron chi connectivity index (χ2n) is 5.32. The van der Waals surface area contributed by atoms with Gasteiger partial charge in [-0.1, -0.05) is 32.1 Å². The van der Waals surface area contributed by atoms with Gasteiger partial charge in [-0.05, 0) is 24.1 Å². The summed E-state index contributed by atoms with van der Waals surface area (Å²) in [5.74, 6) is -1.30. The maximum absolute atomic E-state index is 13.2. The monoisotopic (exact) mass is 288 g/mol. The molecule has 0 bridgehead atoms. The Morgan fingerprint density at radius 2 is 1.80 bits per heavy atom. The van der Waals surface area contributed by atoms with Gasteiger partial charge in [0.25, 0.3) is 0 Å². The summed E-state index contributed by atoms with van der Waals surface area (Å²) in [6.07, 6.45) is 0.293. The van der Waals surface area contributed by atoms with Crippen molar-refractivity contribution in [2.24, 2.45) is 5.92 Å². The van der Waals surface area contributed by atoms with E-state index in [4.69, 9.17) is 0 Å². The lowest BCUT2D eigenvalue weighted by molar-refractivity contribution is -0.138. The van der Waals surface area contributed by atoms with Gasteiger partial charge in [0.05, 0.1) is 5.56 Å². The number of rotatable bonds is 3. The number of Topliss-reactive ketones (excluding diaryl/α,β-unsaturated/α-hetero) is 1. The predicted molar refractivity (Wildman–Crippen MR) is 66.9 cm³/mol. The topological polar surface area (TPSA) is 17.1 Å². The van der Waals surface area contributed by atoms with Crippen LogP contribution in [0.5, 0.6) is 0 Å². The molecular weight excluding hydrogens is 272 g/mol. The molecule has 0 atom stereocenters. The van der Waals surface area contributed by atoms with Gasteiger partial charge >= 0.3 is 6.18 Å². The first kappa shape index (κ1) is 15.0. The van der Waals surface area contributed by atoms with Crippen molar-refractivity contribution in [1.82, 2.24) is 0 Å². The summed E-state index contributed by atoms with van der Waals surface area (Å²) in [5.41, 5.74) is -1.58. The molecule has 1 nitrogen and oxygen atoms in total. The molecule has 0 amide bonds. The molecule has 1 aromatic rings. The van der Waals surface area contributed by atoms with Gasteiger partial charge in [0, 0.05) is 12.0 Å². The molecule has 0 heterocycles. The molecule has 5 heteroatoms. The van der Waals surface area contributed by atoms with Crippen molar-refractivity contribution >= 4 is 5.78 Å². The maximum Gasteiger partial charge on any atom is 0.417 e. The van der Waals surface area contributed by atoms with Gasteiger partial charge in [-0.2, -0.15) is 13.2 Å². The predicted octanol–water partition coefficient (Wildman–Crippen LogP) is 5.00. The Bertz CT molecular complexity index is 487. The van der Waals surface area contributed by atoms with Crippen molar-refractivity contribution in [3.05, 3.63) is 35.1 Å². The first-order chi connectivity index (χ1) is 9.38. The van der Waals surface area contributed by atoms with Crippen LogP contribution in [0, 0.1) is 11.7 Å². The van der Waals surface area contributed by atoms with Crippen molar-refractivity contribution in [1.29, 1.82) is 0 Å². The van der Waals surface area contributed by atoms with E-state index in [0.717, 1.165) is 38.2 Å². The van der Waals surface area contributed by atoms with Crippen LogP contribution in [0.4, 0.5) is 17.6 Å². The lowest BCUT2D eigenvalue weighted by atomic mass is 9.84. The van der Waals surface area contributed by atoms with Crippen LogP contribution in [0.2, 0.25) is 0 Å². The van der Waals surface area contributed by atoms with Gasteiger partial charge in [0.2, 0.25) is 0 Å². The van der Waals surface area contributed by atoms with E-state index in [1.165, 1.54) is 0 Å². The minimum Gasteiger partial charge on any atom is -0.294 e. The highest BCUT2D eigenvalue weighted by molar-refractivity contribution is 5.97. The molecule has 20 heavy (non-hydrogen) atoms. The van der Waals surface area contributed by atoms with E-state index in [1.54, 1.807) is 0 Å². The lowest BCUT2D eigenvalue weighted by Gasteiger charge is -2.21. The Hall–Kier alpha value is -1.39. The zero-order valence-corrected chi connectivity index (χ0v) is 11.0. The number of ketones is 1. The van der Waals surface area contributed by atoms with Crippen molar-refractivity contribution in [3.63, 3.8) is 0 Å². The zero-order valence-electron chi connectivity index (χ0n) is 11.0. The Balaban J connectivity index is 2.21. The first-order valence-corrected chi connectivity index (χ1v) is 6.78. The molecule has 0 spiro atoms. The van der Waals surface area contributed by atoms with Gasteiger partial charge in [-0.25, -0.2) is 4.39 Å². The Labute approximate surface area is 115 Å². The molecule has 1 saturated carbocycles. The molecule has 1 aliphatic carbocycles. The second-order valence-corrected chi connectivity index (χ2v) is 5.32. The summed E-state index contributed by atoms with van der Waals surface area (Å²) in [5, 5.41) is 0. The third kappa shape index (κ3) is 3.58. The van der Waals surface area contributed by atoms with E-state index in [9.17, 15) is 22.4 Å². The van der Waals surface area contributed by atoms with Crippen LogP contribution in [-0.4, -0.2) is 5.78 Å². The van der Waals surface area contributed by atoms with Crippen molar-refractivity contribution in [3.8, 4) is 0 Å². The number of carbonyl (C=O) groups is 1. The van der Waals surface area contributed by atoms with Gasteiger partial charge in [0.1, 0.15) is 5.82 Å². The summed E-state index contributed by atoms with van der Waals surface area (Å²) < 4.78 is 51.7. The molecule has 0 aliphatic heterocycles. The molecule has 0 N–H and O–H groups in total. The first-order valence-electron chi connectivity index (χ1n) is 6.78. The smallest absolute Gasteiger partial charge is 0.294 e. The van der Waals surface area contributed by atoms with Gasteiger partial charge in [-0.3, -0.25) is 4.79 Å². The fourth-order valence-electron chi connectivity index (χ4n) is 2.76. The Kier molecular flexibility index (Phi) is 4.45. The van der Waals surface area contributed by atoms with Crippen molar-refractivity contribution < 1.29 is 22.4 Å². The molecule has 1 aromatic carbocycles. The minimum absolute atomic E-state index is 0.0759. The molecule has 0 unspecified atom stereocenters. The normalized spacial score (nSPS) is 17.2. The van der Waals surface area contributed by atoms with Crippen LogP contribution in [0.1, 0.15) is 54.4 Å². The molecule has 0 saturated heterocycles. The highest BCUT2D eigenvalue weighted by Crippen LogP contribution is 2.34. The molecule has 0 radical (unpaired) electrons. The van der Waals surface area contributed by atoms with E-state index in [2.05, 4.69) is 0 Å². The van der Waals surface area contributed by atoms with E-state index in [0.29, 0.717) is 12.1 Å². The fraction of sp³-hybridized carbons (Fsp3) is 0.533. The largest absolute Gasteiger partial charge is 0.417 e. The average Bonchev–Trinajstić information content (AvgIpc) is 2.38. The van der Waals surface area contributed by atoms with E-state index in [1.807, 2.05) is 0 Å². The molecule has 110 valence electrons. The van der Waals surface area contributed by atoms with Crippen LogP contribution in [-0.2, 0) is 6.18 Å². The molecule has 1 aliphatic rings. The highest BCUT2D eigenvalue weighted by Gasteiger charge is 2.35. The third-order valence-corrected chi connectivity index (χ3v) is 3.79. The maximum atomic E-state index is 13.2. The standard InChI is InChI=1S/C15H16F4O/c16-11-6-7-13(15(17,18)19)12(9-11)14(20)8-10-4-2-1-3-5-10/h6-7,9-10H,1-5,8H2. The molecule has 0 aromatic heterocycles. The summed E-state index contributed by atoms with van der Waals surface area (Å²) in [6, 6.07) is 2.08. The summed E-state index contributed by atoms with van der Waals surface area (Å²) in [6.45, 7) is 0. The van der Waals surface area contributed by atoms with Crippen LogP contribution < -0.4 is 0 Å². The SMILES string of the molecule is O=C(CC1CCCCC1)c1cc(F)ccc1C(F)(F)F. The third-order valence-electron chi connectivity index (χ3n) is 3.79. The molecule has 1 fully saturated rings. The highest BCUT2D eigenvalue weighted by atomic mass is 19.4. The molecule has 2 rings (SSSR count). The quantitative estimate of drug-likeness (QED) is 0.565. The van der Waals surface area contributed by atoms with Crippen molar-refractivity contribution in [2.45, 2.75) is 44.7 Å². The van der Waals surface area contributed by atoms with Crippen LogP contribution in [0.25, 0.3) is 0 Å². The fourth-order valence-corrected chi connectivity index (χ4v) is 2.76. The number of carbonyl (C=O) groups excluding carboxylic acids is 1. The average molecular weight is 288 g/mol. The second kappa shape index (κ2) is 5.94. The molecular formula is C15H16F4O. The zero-order chi connectivity index (χ0) is 14.8. The van der Waals surface area contributed by atoms with Gasteiger partial charge in [-0.15, -0.1) is 0 Å². The van der Waals surface area contributed by atoms with Crippen molar-refractivity contribution in [2.75, 3.05) is 0 Å². The number of halogens is 4. The summed E-state index contributed by atoms with van der Waals surface area (Å²) >= 11 is 0. The van der Waals surface area contributed by atoms with Gasteiger partial charge in [0.15, 0.2) is 5.78 Å². The van der Waals surface area contributed by atoms with Crippen LogP contribution >= 0.6 is 0 Å². The van der Waals surface area contributed by atoms with Crippen LogP contribution in [0.3, 0.4) is 0 Å². The number of alkyl halides is 3. The van der Waals surface area contributed by atoms with E-state index < -0.39 is 28.9 Å². The minimum atomic E-state index is -4.63. The van der Waals surface area contributed by atoms with E-state index in [-0.39, 0.29) is 12.3 Å². The van der Waals surface area contributed by atoms with Crippen LogP contribution in [0.15, 0.2) is 18.2 Å². The summed E-state index contributed by atoms with van der Waals surface area (Å²) in [7, 11) is 0. The lowest BCUT2D eigenvalue weighted by Crippen LogP contribution is -2.17. The number of hydrogen-bond acceptors (Lipinski definition) is 1. The number of hydrogen-bond donors (Lipinski definition) is 0. The summed E-state index contributed by atoms with van der Waals surface area (Å²) in [4.78, 5) is 12.1. The van der Waals surface area contributed by atoms with E-state index >= 15 is 0 Å². The van der Waals surface area contributed by atoms with Gasteiger partial charge < -0.3 is 0 Å². The number of benzene rings is 1. The Morgan fingerprint density at radius 3 is 2.40 bits per heavy atom.